The topological polar surface area (TPSA) is 35.5 Å². The Hall–Kier alpha value is -2.36. The van der Waals surface area contributed by atoms with Crippen LogP contribution in [-0.2, 0) is 0 Å². The van der Waals surface area contributed by atoms with Crippen LogP contribution in [0.3, 0.4) is 0 Å². The van der Waals surface area contributed by atoms with E-state index in [1.54, 1.807) is 13.2 Å². The van der Waals surface area contributed by atoms with Gasteiger partial charge in [-0.25, -0.2) is 4.39 Å². The quantitative estimate of drug-likeness (QED) is 0.769. The van der Waals surface area contributed by atoms with Gasteiger partial charge in [-0.2, -0.15) is 0 Å². The van der Waals surface area contributed by atoms with E-state index >= 15 is 0 Å². The molecule has 1 saturated carbocycles. The van der Waals surface area contributed by atoms with Crippen molar-refractivity contribution in [3.8, 4) is 11.5 Å². The van der Waals surface area contributed by atoms with Crippen molar-refractivity contribution in [1.29, 1.82) is 0 Å². The molecule has 0 bridgehead atoms. The van der Waals surface area contributed by atoms with Gasteiger partial charge in [0.1, 0.15) is 5.75 Å². The Balaban J connectivity index is 1.82. The van der Waals surface area contributed by atoms with Crippen LogP contribution in [0.4, 0.5) is 4.39 Å². The average molecular weight is 354 g/mol. The zero-order chi connectivity index (χ0) is 18.3. The molecule has 1 fully saturated rings. The molecular weight excluding hydrogens is 331 g/mol. The van der Waals surface area contributed by atoms with Crippen LogP contribution in [0.15, 0.2) is 36.4 Å². The van der Waals surface area contributed by atoms with Gasteiger partial charge in [0.05, 0.1) is 20.1 Å². The molecule has 3 nitrogen and oxygen atoms in total. The molecule has 3 unspecified atom stereocenters. The van der Waals surface area contributed by atoms with Crippen LogP contribution in [0.5, 0.6) is 11.5 Å². The molecule has 4 heteroatoms. The monoisotopic (exact) mass is 354 g/mol. The number of carbonyl (C=O) groups excluding carboxylic acids is 1. The van der Waals surface area contributed by atoms with E-state index < -0.39 is 5.82 Å². The maximum absolute atomic E-state index is 14.3. The minimum Gasteiger partial charge on any atom is -0.497 e. The second-order valence-electron chi connectivity index (χ2n) is 7.24. The van der Waals surface area contributed by atoms with E-state index in [2.05, 4.69) is 0 Å². The summed E-state index contributed by atoms with van der Waals surface area (Å²) in [6, 6.07) is 10.7. The van der Waals surface area contributed by atoms with Crippen LogP contribution in [0.1, 0.15) is 59.0 Å². The highest BCUT2D eigenvalue weighted by atomic mass is 19.1. The van der Waals surface area contributed by atoms with Gasteiger partial charge in [-0.1, -0.05) is 18.9 Å². The van der Waals surface area contributed by atoms with Crippen molar-refractivity contribution in [1.82, 2.24) is 0 Å². The lowest BCUT2D eigenvalue weighted by Gasteiger charge is -2.42. The van der Waals surface area contributed by atoms with Gasteiger partial charge in [0.15, 0.2) is 17.3 Å². The number of ketones is 1. The van der Waals surface area contributed by atoms with E-state index in [0.717, 1.165) is 48.1 Å². The molecule has 26 heavy (non-hydrogen) atoms. The standard InChI is InChI=1S/C22H23FO3/c1-25-14-8-9-17-18(12-14)15-5-3-4-6-16(15)21(22(17)24)13-7-10-20(26-2)19(23)11-13/h7-12,15-16,21H,3-6H2,1-2H3. The van der Waals surface area contributed by atoms with Gasteiger partial charge in [-0.05, 0) is 66.1 Å². The van der Waals surface area contributed by atoms with Crippen LogP contribution in [0.25, 0.3) is 0 Å². The number of halogens is 1. The van der Waals surface area contributed by atoms with Gasteiger partial charge in [0.2, 0.25) is 0 Å². The normalized spacial score (nSPS) is 24.6. The van der Waals surface area contributed by atoms with Gasteiger partial charge in [-0.15, -0.1) is 0 Å². The SMILES string of the molecule is COc1ccc2c(c1)C1CCCCC1C(c1ccc(OC)c(F)c1)C2=O. The van der Waals surface area contributed by atoms with Crippen molar-refractivity contribution in [3.63, 3.8) is 0 Å². The third kappa shape index (κ3) is 2.68. The molecule has 0 radical (unpaired) electrons. The zero-order valence-corrected chi connectivity index (χ0v) is 15.1. The van der Waals surface area contributed by atoms with Crippen molar-refractivity contribution in [3.05, 3.63) is 58.9 Å². The van der Waals surface area contributed by atoms with E-state index in [9.17, 15) is 9.18 Å². The van der Waals surface area contributed by atoms with Crippen LogP contribution < -0.4 is 9.47 Å². The van der Waals surface area contributed by atoms with Gasteiger partial charge >= 0.3 is 0 Å². The number of hydrogen-bond acceptors (Lipinski definition) is 3. The minimum atomic E-state index is -0.411. The first-order chi connectivity index (χ1) is 12.6. The Labute approximate surface area is 153 Å². The van der Waals surface area contributed by atoms with Crippen molar-refractivity contribution in [2.24, 2.45) is 5.92 Å². The molecule has 0 spiro atoms. The van der Waals surface area contributed by atoms with E-state index in [-0.39, 0.29) is 23.4 Å². The summed E-state index contributed by atoms with van der Waals surface area (Å²) in [5.41, 5.74) is 2.62. The number of methoxy groups -OCH3 is 2. The zero-order valence-electron chi connectivity index (χ0n) is 15.1. The summed E-state index contributed by atoms with van der Waals surface area (Å²) >= 11 is 0. The van der Waals surface area contributed by atoms with Gasteiger partial charge < -0.3 is 9.47 Å². The third-order valence-corrected chi connectivity index (χ3v) is 5.99. The molecule has 3 atom stereocenters. The molecule has 2 aliphatic carbocycles. The largest absolute Gasteiger partial charge is 0.497 e. The number of benzene rings is 2. The Bertz CT molecular complexity index is 845. The predicted molar refractivity (Wildman–Crippen MR) is 97.7 cm³/mol. The van der Waals surface area contributed by atoms with Crippen LogP contribution in [0.2, 0.25) is 0 Å². The van der Waals surface area contributed by atoms with Gasteiger partial charge in [-0.3, -0.25) is 4.79 Å². The molecule has 2 aromatic carbocycles. The fourth-order valence-corrected chi connectivity index (χ4v) is 4.78. The smallest absolute Gasteiger partial charge is 0.170 e. The van der Waals surface area contributed by atoms with Crippen molar-refractivity contribution in [2.75, 3.05) is 14.2 Å². The van der Waals surface area contributed by atoms with Crippen LogP contribution in [0, 0.1) is 11.7 Å². The molecular formula is C22H23FO3. The Morgan fingerprint density at radius 2 is 1.81 bits per heavy atom. The highest BCUT2D eigenvalue weighted by Gasteiger charge is 2.43. The van der Waals surface area contributed by atoms with Crippen molar-refractivity contribution >= 4 is 5.78 Å². The maximum atomic E-state index is 14.3. The summed E-state index contributed by atoms with van der Waals surface area (Å²) < 4.78 is 24.7. The predicted octanol–water partition coefficient (Wildman–Crippen LogP) is 5.10. The summed E-state index contributed by atoms with van der Waals surface area (Å²) in [4.78, 5) is 13.3. The summed E-state index contributed by atoms with van der Waals surface area (Å²) in [7, 11) is 3.10. The highest BCUT2D eigenvalue weighted by molar-refractivity contribution is 6.04. The second-order valence-corrected chi connectivity index (χ2v) is 7.24. The lowest BCUT2D eigenvalue weighted by Crippen LogP contribution is -2.35. The number of hydrogen-bond donors (Lipinski definition) is 0. The Kier molecular flexibility index (Phi) is 4.43. The van der Waals surface area contributed by atoms with Crippen LogP contribution >= 0.6 is 0 Å². The molecule has 0 aromatic heterocycles. The first-order valence-electron chi connectivity index (χ1n) is 9.19. The van der Waals surface area contributed by atoms with Crippen molar-refractivity contribution < 1.29 is 18.7 Å². The fourth-order valence-electron chi connectivity index (χ4n) is 4.78. The lowest BCUT2D eigenvalue weighted by molar-refractivity contribution is 0.0873. The highest BCUT2D eigenvalue weighted by Crippen LogP contribution is 2.52. The number of carbonyl (C=O) groups is 1. The van der Waals surface area contributed by atoms with Gasteiger partial charge in [0, 0.05) is 5.56 Å². The number of ether oxygens (including phenoxy) is 2. The molecule has 0 saturated heterocycles. The minimum absolute atomic E-state index is 0.0929. The van der Waals surface area contributed by atoms with Gasteiger partial charge in [0.25, 0.3) is 0 Å². The second kappa shape index (κ2) is 6.75. The lowest BCUT2D eigenvalue weighted by atomic mass is 9.61. The summed E-state index contributed by atoms with van der Waals surface area (Å²) in [6.45, 7) is 0. The molecule has 0 amide bonds. The summed E-state index contributed by atoms with van der Waals surface area (Å²) in [5.74, 6) is 0.921. The summed E-state index contributed by atoms with van der Waals surface area (Å²) in [6.07, 6.45) is 4.33. The molecule has 0 aliphatic heterocycles. The van der Waals surface area contributed by atoms with Crippen molar-refractivity contribution in [2.45, 2.75) is 37.5 Å². The van der Waals surface area contributed by atoms with E-state index in [4.69, 9.17) is 9.47 Å². The Morgan fingerprint density at radius 3 is 2.54 bits per heavy atom. The maximum Gasteiger partial charge on any atom is 0.170 e. The van der Waals surface area contributed by atoms with Crippen LogP contribution in [-0.4, -0.2) is 20.0 Å². The average Bonchev–Trinajstić information content (AvgIpc) is 2.68. The summed E-state index contributed by atoms with van der Waals surface area (Å²) in [5, 5.41) is 0. The molecule has 0 heterocycles. The number of fused-ring (bicyclic) bond motifs is 3. The Morgan fingerprint density at radius 1 is 1.00 bits per heavy atom. The number of rotatable bonds is 3. The van der Waals surface area contributed by atoms with E-state index in [1.807, 2.05) is 24.3 Å². The third-order valence-electron chi connectivity index (χ3n) is 5.99. The first kappa shape index (κ1) is 17.1. The van der Waals surface area contributed by atoms with E-state index in [1.165, 1.54) is 13.2 Å². The molecule has 136 valence electrons. The molecule has 0 N–H and O–H groups in total. The van der Waals surface area contributed by atoms with E-state index in [0.29, 0.717) is 5.92 Å². The molecule has 4 rings (SSSR count). The fraction of sp³-hybridized carbons (Fsp3) is 0.409. The molecule has 2 aliphatic rings. The number of Topliss-reactive ketones (excluding diaryl/α,β-unsaturated/α-hetero) is 1. The first-order valence-corrected chi connectivity index (χ1v) is 9.19. The molecule has 2 aromatic rings.